The molecule has 33 heavy (non-hydrogen) atoms. The third kappa shape index (κ3) is 4.63. The van der Waals surface area contributed by atoms with E-state index in [1.54, 1.807) is 13.2 Å². The number of anilines is 2. The van der Waals surface area contributed by atoms with Gasteiger partial charge in [-0.1, -0.05) is 6.42 Å². The minimum absolute atomic E-state index is 0.00936. The smallest absolute Gasteiger partial charge is 0.230 e. The molecule has 0 amide bonds. The van der Waals surface area contributed by atoms with Gasteiger partial charge in [-0.25, -0.2) is 13.8 Å². The first-order chi connectivity index (χ1) is 15.9. The van der Waals surface area contributed by atoms with E-state index in [4.69, 9.17) is 9.72 Å². The SMILES string of the molecule is COc1cc(NC2CC(CO)NN2)nc(N(C)C2C[C@H]3CCC[C@@H](C2)N3S(=O)(=O)C2CC2)n1. The molecule has 1 aromatic rings. The maximum Gasteiger partial charge on any atom is 0.230 e. The van der Waals surface area contributed by atoms with Gasteiger partial charge in [0.1, 0.15) is 5.82 Å². The van der Waals surface area contributed by atoms with E-state index >= 15 is 0 Å². The van der Waals surface area contributed by atoms with Crippen LogP contribution in [0.3, 0.4) is 0 Å². The largest absolute Gasteiger partial charge is 0.481 e. The quantitative estimate of drug-likeness (QED) is 0.413. The average Bonchev–Trinajstić information content (AvgIpc) is 3.58. The summed E-state index contributed by atoms with van der Waals surface area (Å²) in [4.78, 5) is 11.4. The molecule has 0 aromatic carbocycles. The number of fused-ring (bicyclic) bond motifs is 2. The van der Waals surface area contributed by atoms with E-state index in [9.17, 15) is 13.5 Å². The molecule has 4 aliphatic rings. The van der Waals surface area contributed by atoms with E-state index < -0.39 is 10.0 Å². The zero-order valence-corrected chi connectivity index (χ0v) is 20.1. The molecule has 5 rings (SSSR count). The number of sulfonamides is 1. The van der Waals surface area contributed by atoms with Gasteiger partial charge in [0.05, 0.1) is 25.1 Å². The van der Waals surface area contributed by atoms with Crippen LogP contribution < -0.4 is 25.8 Å². The van der Waals surface area contributed by atoms with E-state index in [2.05, 4.69) is 26.1 Å². The van der Waals surface area contributed by atoms with Gasteiger partial charge in [0.15, 0.2) is 0 Å². The van der Waals surface area contributed by atoms with Crippen molar-refractivity contribution in [3.8, 4) is 5.88 Å². The van der Waals surface area contributed by atoms with E-state index in [0.29, 0.717) is 24.1 Å². The van der Waals surface area contributed by atoms with Crippen LogP contribution >= 0.6 is 0 Å². The molecule has 4 fully saturated rings. The van der Waals surface area contributed by atoms with Crippen LogP contribution in [0.15, 0.2) is 6.07 Å². The zero-order valence-electron chi connectivity index (χ0n) is 19.3. The van der Waals surface area contributed by atoms with Crippen molar-refractivity contribution in [3.63, 3.8) is 0 Å². The first kappa shape index (κ1) is 23.0. The number of nitrogens with zero attached hydrogens (tertiary/aromatic N) is 4. The molecular formula is C21H35N7O4S. The van der Waals surface area contributed by atoms with Crippen LogP contribution in [0.4, 0.5) is 11.8 Å². The molecule has 4 N–H and O–H groups in total. The van der Waals surface area contributed by atoms with Gasteiger partial charge < -0.3 is 20.1 Å². The Kier molecular flexibility index (Phi) is 6.38. The van der Waals surface area contributed by atoms with Crippen molar-refractivity contribution < 1.29 is 18.3 Å². The number of aliphatic hydroxyl groups excluding tert-OH is 1. The van der Waals surface area contributed by atoms with E-state index in [0.717, 1.165) is 44.9 Å². The highest BCUT2D eigenvalue weighted by Gasteiger charge is 2.50. The molecule has 5 atom stereocenters. The normalized spacial score (nSPS) is 32.5. The summed E-state index contributed by atoms with van der Waals surface area (Å²) in [5.41, 5.74) is 6.16. The third-order valence-electron chi connectivity index (χ3n) is 7.41. The molecule has 1 aliphatic carbocycles. The summed E-state index contributed by atoms with van der Waals surface area (Å²) in [6, 6.07) is 2.02. The summed E-state index contributed by atoms with van der Waals surface area (Å²) in [5.74, 6) is 1.66. The van der Waals surface area contributed by atoms with Crippen LogP contribution in [0.2, 0.25) is 0 Å². The monoisotopic (exact) mass is 481 g/mol. The molecule has 3 unspecified atom stereocenters. The molecule has 1 aromatic heterocycles. The van der Waals surface area contributed by atoms with Crippen molar-refractivity contribution in [2.75, 3.05) is 31.0 Å². The molecule has 2 bridgehead atoms. The number of aliphatic hydroxyl groups is 1. The molecule has 12 heteroatoms. The highest BCUT2D eigenvalue weighted by atomic mass is 32.2. The summed E-state index contributed by atoms with van der Waals surface area (Å²) >= 11 is 0. The van der Waals surface area contributed by atoms with Crippen LogP contribution in [0.5, 0.6) is 5.88 Å². The van der Waals surface area contributed by atoms with Gasteiger partial charge in [0.25, 0.3) is 0 Å². The average molecular weight is 482 g/mol. The number of ether oxygens (including phenoxy) is 1. The Labute approximate surface area is 195 Å². The number of aromatic nitrogens is 2. The number of hydrazine groups is 1. The second kappa shape index (κ2) is 9.14. The minimum Gasteiger partial charge on any atom is -0.481 e. The summed E-state index contributed by atoms with van der Waals surface area (Å²) in [6.45, 7) is 0.0593. The number of piperidine rings is 2. The predicted molar refractivity (Wildman–Crippen MR) is 124 cm³/mol. The maximum absolute atomic E-state index is 13.1. The summed E-state index contributed by atoms with van der Waals surface area (Å²) in [7, 11) is 0.393. The van der Waals surface area contributed by atoms with Crippen LogP contribution in [-0.4, -0.2) is 84.1 Å². The molecule has 0 radical (unpaired) electrons. The highest BCUT2D eigenvalue weighted by Crippen LogP contribution is 2.42. The van der Waals surface area contributed by atoms with Crippen LogP contribution in [0.25, 0.3) is 0 Å². The van der Waals surface area contributed by atoms with Gasteiger partial charge in [-0.15, -0.1) is 0 Å². The second-order valence-electron chi connectivity index (χ2n) is 9.75. The van der Waals surface area contributed by atoms with Crippen LogP contribution in [0.1, 0.15) is 51.4 Å². The fraction of sp³-hybridized carbons (Fsp3) is 0.810. The fourth-order valence-electron chi connectivity index (χ4n) is 5.51. The van der Waals surface area contributed by atoms with Gasteiger partial charge >= 0.3 is 0 Å². The predicted octanol–water partition coefficient (Wildman–Crippen LogP) is 0.396. The number of methoxy groups -OCH3 is 1. The Morgan fingerprint density at radius 2 is 1.91 bits per heavy atom. The molecule has 11 nitrogen and oxygen atoms in total. The Bertz CT molecular complexity index is 946. The number of hydrogen-bond donors (Lipinski definition) is 4. The topological polar surface area (TPSA) is 132 Å². The summed E-state index contributed by atoms with van der Waals surface area (Å²) < 4.78 is 33.5. The molecule has 0 spiro atoms. The van der Waals surface area contributed by atoms with Crippen molar-refractivity contribution in [2.24, 2.45) is 0 Å². The summed E-state index contributed by atoms with van der Waals surface area (Å²) in [5, 5.41) is 12.5. The van der Waals surface area contributed by atoms with Gasteiger partial charge in [-0.3, -0.25) is 5.43 Å². The highest BCUT2D eigenvalue weighted by molar-refractivity contribution is 7.90. The Morgan fingerprint density at radius 1 is 1.18 bits per heavy atom. The van der Waals surface area contributed by atoms with Crippen LogP contribution in [-0.2, 0) is 10.0 Å². The number of nitrogens with one attached hydrogen (secondary N) is 3. The third-order valence-corrected chi connectivity index (χ3v) is 9.91. The van der Waals surface area contributed by atoms with Crippen molar-refractivity contribution in [2.45, 2.75) is 86.9 Å². The lowest BCUT2D eigenvalue weighted by molar-refractivity contribution is 0.109. The maximum atomic E-state index is 13.1. The van der Waals surface area contributed by atoms with Gasteiger partial charge in [0.2, 0.25) is 21.9 Å². The number of rotatable bonds is 8. The van der Waals surface area contributed by atoms with Crippen molar-refractivity contribution in [1.82, 2.24) is 25.1 Å². The molecule has 3 aliphatic heterocycles. The van der Waals surface area contributed by atoms with Gasteiger partial charge in [-0.2, -0.15) is 14.3 Å². The van der Waals surface area contributed by atoms with Crippen molar-refractivity contribution in [3.05, 3.63) is 6.07 Å². The summed E-state index contributed by atoms with van der Waals surface area (Å²) in [6.07, 6.45) is 6.75. The van der Waals surface area contributed by atoms with Gasteiger partial charge in [-0.05, 0) is 38.5 Å². The Morgan fingerprint density at radius 3 is 2.52 bits per heavy atom. The number of hydrogen-bond acceptors (Lipinski definition) is 10. The molecular weight excluding hydrogens is 446 g/mol. The molecule has 1 saturated carbocycles. The second-order valence-corrected chi connectivity index (χ2v) is 11.9. The van der Waals surface area contributed by atoms with E-state index in [1.807, 2.05) is 11.4 Å². The van der Waals surface area contributed by atoms with E-state index in [1.165, 1.54) is 0 Å². The lowest BCUT2D eigenvalue weighted by Crippen LogP contribution is -2.59. The first-order valence-electron chi connectivity index (χ1n) is 12.0. The first-order valence-corrected chi connectivity index (χ1v) is 13.5. The molecule has 3 saturated heterocycles. The van der Waals surface area contributed by atoms with E-state index in [-0.39, 0.29) is 42.2 Å². The zero-order chi connectivity index (χ0) is 23.2. The Balaban J connectivity index is 1.32. The molecule has 184 valence electrons. The standard InChI is InChI=1S/C21H35N7O4S/c1-27(16-9-14-4-3-5-15(10-16)28(14)33(30,31)17-6-7-17)21-23-18(11-20(24-21)32-2)22-19-8-13(12-29)25-26-19/h11,13-17,19,25-26,29H,3-10,12H2,1-2H3,(H,22,23,24)/t13?,14-,15+,16?,19?. The Hall–Kier alpha value is -1.73. The lowest BCUT2D eigenvalue weighted by atomic mass is 9.83. The van der Waals surface area contributed by atoms with Crippen molar-refractivity contribution >= 4 is 21.8 Å². The van der Waals surface area contributed by atoms with Crippen LogP contribution in [0, 0.1) is 0 Å². The van der Waals surface area contributed by atoms with Crippen molar-refractivity contribution in [1.29, 1.82) is 0 Å². The lowest BCUT2D eigenvalue weighted by Gasteiger charge is -2.49. The molecule has 4 heterocycles. The fourth-order valence-corrected chi connectivity index (χ4v) is 7.80. The minimum atomic E-state index is -3.18. The van der Waals surface area contributed by atoms with Gasteiger partial charge in [0, 0.05) is 43.7 Å².